The molecule has 0 spiro atoms. The van der Waals surface area contributed by atoms with Gasteiger partial charge in [0.1, 0.15) is 5.75 Å². The maximum Gasteiger partial charge on any atom is 0.279 e. The average Bonchev–Trinajstić information content (AvgIpc) is 3.57. The van der Waals surface area contributed by atoms with Crippen molar-refractivity contribution in [1.29, 1.82) is 0 Å². The monoisotopic (exact) mass is 435 g/mol. The highest BCUT2D eigenvalue weighted by molar-refractivity contribution is 7.20. The summed E-state index contributed by atoms with van der Waals surface area (Å²) in [5, 5.41) is 0.670. The van der Waals surface area contributed by atoms with Crippen molar-refractivity contribution in [2.24, 2.45) is 5.92 Å². The molecule has 2 bridgehead atoms. The van der Waals surface area contributed by atoms with E-state index in [1.54, 1.807) is 11.3 Å². The lowest BCUT2D eigenvalue weighted by molar-refractivity contribution is -0.137. The second-order valence-electron chi connectivity index (χ2n) is 8.72. The number of likely N-dealkylation sites (tertiary alicyclic amines) is 2. The lowest BCUT2D eigenvalue weighted by atomic mass is 10.1. The number of fused-ring (bicyclic) bond motifs is 3. The van der Waals surface area contributed by atoms with Crippen molar-refractivity contribution in [3.05, 3.63) is 54.1 Å². The van der Waals surface area contributed by atoms with E-state index in [9.17, 15) is 4.79 Å². The second-order valence-corrected chi connectivity index (χ2v) is 9.71. The quantitative estimate of drug-likeness (QED) is 0.608. The third-order valence-electron chi connectivity index (χ3n) is 6.70. The maximum absolute atomic E-state index is 12.8. The number of carbonyl (C=O) groups is 1. The van der Waals surface area contributed by atoms with Crippen molar-refractivity contribution in [1.82, 2.24) is 14.8 Å². The van der Waals surface area contributed by atoms with Crippen molar-refractivity contribution in [2.75, 3.05) is 26.3 Å². The summed E-state index contributed by atoms with van der Waals surface area (Å²) in [4.78, 5) is 21.9. The van der Waals surface area contributed by atoms with E-state index in [1.165, 1.54) is 5.56 Å². The van der Waals surface area contributed by atoms with Gasteiger partial charge in [0.05, 0.1) is 22.7 Å². The summed E-state index contributed by atoms with van der Waals surface area (Å²) in [6.45, 7) is 4.06. The standard InChI is InChI=1S/C24H25N3O3S/c28-23(17-9-10-29-15-17)27-14-18-11-19(27)13-26(18)12-16-5-7-20(8-6-16)30-24-25-21-3-1-2-4-22(21)31-24/h1-8,17-19H,9-15H2/t17-,18+,19-/m0/s1. The smallest absolute Gasteiger partial charge is 0.279 e. The van der Waals surface area contributed by atoms with Gasteiger partial charge in [-0.1, -0.05) is 35.6 Å². The number of hydrogen-bond acceptors (Lipinski definition) is 6. The molecule has 4 heterocycles. The molecule has 6 nitrogen and oxygen atoms in total. The molecule has 6 rings (SSSR count). The first-order valence-corrected chi connectivity index (χ1v) is 11.8. The number of aromatic nitrogens is 1. The van der Waals surface area contributed by atoms with Gasteiger partial charge in [-0.3, -0.25) is 9.69 Å². The second kappa shape index (κ2) is 7.89. The minimum absolute atomic E-state index is 0.0794. The molecule has 3 atom stereocenters. The number of nitrogens with zero attached hydrogens (tertiary/aromatic N) is 3. The van der Waals surface area contributed by atoms with Crippen molar-refractivity contribution < 1.29 is 14.3 Å². The summed E-state index contributed by atoms with van der Waals surface area (Å²) >= 11 is 1.56. The Morgan fingerprint density at radius 1 is 1.13 bits per heavy atom. The lowest BCUT2D eigenvalue weighted by Crippen LogP contribution is -2.50. The number of thiazole rings is 1. The van der Waals surface area contributed by atoms with Gasteiger partial charge in [-0.15, -0.1) is 0 Å². The highest BCUT2D eigenvalue weighted by Gasteiger charge is 2.46. The molecule has 3 aromatic rings. The Labute approximate surface area is 185 Å². The van der Waals surface area contributed by atoms with Crippen LogP contribution in [0, 0.1) is 5.92 Å². The highest BCUT2D eigenvalue weighted by Crippen LogP contribution is 2.35. The molecule has 0 saturated carbocycles. The molecule has 0 aliphatic carbocycles. The van der Waals surface area contributed by atoms with Gasteiger partial charge in [0.25, 0.3) is 5.19 Å². The van der Waals surface area contributed by atoms with Crippen LogP contribution in [0.15, 0.2) is 48.5 Å². The first-order chi connectivity index (χ1) is 15.2. The molecule has 2 aromatic carbocycles. The summed E-state index contributed by atoms with van der Waals surface area (Å²) in [5.41, 5.74) is 2.24. The lowest BCUT2D eigenvalue weighted by Gasteiger charge is -2.35. The Morgan fingerprint density at radius 2 is 2.00 bits per heavy atom. The number of para-hydroxylation sites is 1. The van der Waals surface area contributed by atoms with Gasteiger partial charge < -0.3 is 14.4 Å². The predicted octanol–water partition coefficient (Wildman–Crippen LogP) is 3.91. The van der Waals surface area contributed by atoms with Crippen LogP contribution in [0.25, 0.3) is 10.2 Å². The zero-order valence-electron chi connectivity index (χ0n) is 17.3. The number of rotatable bonds is 5. The van der Waals surface area contributed by atoms with Gasteiger partial charge in [0.15, 0.2) is 0 Å². The zero-order chi connectivity index (χ0) is 20.8. The molecular weight excluding hydrogens is 410 g/mol. The van der Waals surface area contributed by atoms with Gasteiger partial charge in [-0.05, 0) is 42.7 Å². The topological polar surface area (TPSA) is 54.9 Å². The van der Waals surface area contributed by atoms with E-state index in [1.807, 2.05) is 30.3 Å². The molecule has 0 N–H and O–H groups in total. The first kappa shape index (κ1) is 19.2. The van der Waals surface area contributed by atoms with Crippen molar-refractivity contribution >= 4 is 27.5 Å². The number of ether oxygens (including phenoxy) is 2. The van der Waals surface area contributed by atoms with Gasteiger partial charge >= 0.3 is 0 Å². The number of carbonyl (C=O) groups excluding carboxylic acids is 1. The molecular formula is C24H25N3O3S. The van der Waals surface area contributed by atoms with E-state index in [2.05, 4.69) is 33.0 Å². The molecule has 0 radical (unpaired) electrons. The Hall–Kier alpha value is -2.48. The average molecular weight is 436 g/mol. The van der Waals surface area contributed by atoms with E-state index >= 15 is 0 Å². The Kier molecular flexibility index (Phi) is 4.89. The SMILES string of the molecule is O=C([C@H]1CCOC1)N1C[C@H]2C[C@H]1CN2Cc1ccc(Oc2nc3ccccc3s2)cc1. The van der Waals surface area contributed by atoms with Crippen LogP contribution in [0.1, 0.15) is 18.4 Å². The molecule has 31 heavy (non-hydrogen) atoms. The number of benzene rings is 2. The maximum atomic E-state index is 12.8. The van der Waals surface area contributed by atoms with Crippen molar-refractivity contribution in [3.63, 3.8) is 0 Å². The highest BCUT2D eigenvalue weighted by atomic mass is 32.1. The van der Waals surface area contributed by atoms with Crippen LogP contribution in [0.5, 0.6) is 10.9 Å². The fourth-order valence-corrected chi connectivity index (χ4v) is 5.90. The Balaban J connectivity index is 1.06. The first-order valence-electron chi connectivity index (χ1n) is 11.0. The van der Waals surface area contributed by atoms with E-state index in [4.69, 9.17) is 9.47 Å². The molecule has 3 fully saturated rings. The fourth-order valence-electron chi connectivity index (χ4n) is 5.07. The fraction of sp³-hybridized carbons (Fsp3) is 0.417. The predicted molar refractivity (Wildman–Crippen MR) is 119 cm³/mol. The van der Waals surface area contributed by atoms with Gasteiger partial charge in [0.2, 0.25) is 5.91 Å². The molecule has 1 amide bonds. The van der Waals surface area contributed by atoms with E-state index < -0.39 is 0 Å². The minimum Gasteiger partial charge on any atom is -0.431 e. The van der Waals surface area contributed by atoms with Crippen LogP contribution >= 0.6 is 11.3 Å². The summed E-state index contributed by atoms with van der Waals surface area (Å²) < 4.78 is 12.5. The van der Waals surface area contributed by atoms with Crippen LogP contribution in [0.2, 0.25) is 0 Å². The minimum atomic E-state index is 0.0794. The molecule has 160 valence electrons. The summed E-state index contributed by atoms with van der Waals surface area (Å²) in [7, 11) is 0. The van der Waals surface area contributed by atoms with Gasteiger partial charge in [-0.25, -0.2) is 4.98 Å². The molecule has 0 unspecified atom stereocenters. The summed E-state index contributed by atoms with van der Waals surface area (Å²) in [6.07, 6.45) is 1.97. The number of piperazine rings is 1. The van der Waals surface area contributed by atoms with Crippen LogP contribution in [0.3, 0.4) is 0 Å². The molecule has 3 aliphatic heterocycles. The van der Waals surface area contributed by atoms with E-state index in [0.29, 0.717) is 29.8 Å². The Morgan fingerprint density at radius 3 is 2.74 bits per heavy atom. The number of amides is 1. The van der Waals surface area contributed by atoms with Crippen molar-refractivity contribution in [3.8, 4) is 10.9 Å². The summed E-state index contributed by atoms with van der Waals surface area (Å²) in [5.74, 6) is 1.19. The van der Waals surface area contributed by atoms with Crippen LogP contribution in [-0.4, -0.2) is 59.1 Å². The number of hydrogen-bond donors (Lipinski definition) is 0. The third-order valence-corrected chi connectivity index (χ3v) is 7.62. The van der Waals surface area contributed by atoms with Gasteiger partial charge in [0, 0.05) is 38.3 Å². The Bertz CT molecular complexity index is 1060. The molecule has 3 saturated heterocycles. The van der Waals surface area contributed by atoms with E-state index in [0.717, 1.165) is 55.0 Å². The normalized spacial score (nSPS) is 25.5. The van der Waals surface area contributed by atoms with Crippen molar-refractivity contribution in [2.45, 2.75) is 31.5 Å². The summed E-state index contributed by atoms with van der Waals surface area (Å²) in [6, 6.07) is 17.2. The molecule has 7 heteroatoms. The van der Waals surface area contributed by atoms with Crippen LogP contribution in [-0.2, 0) is 16.1 Å². The molecule has 3 aliphatic rings. The largest absolute Gasteiger partial charge is 0.431 e. The van der Waals surface area contributed by atoms with Gasteiger partial charge in [-0.2, -0.15) is 0 Å². The third kappa shape index (κ3) is 3.71. The zero-order valence-corrected chi connectivity index (χ0v) is 18.1. The van der Waals surface area contributed by atoms with Crippen LogP contribution < -0.4 is 4.74 Å². The van der Waals surface area contributed by atoms with E-state index in [-0.39, 0.29) is 5.92 Å². The molecule has 1 aromatic heterocycles. The van der Waals surface area contributed by atoms with Crippen LogP contribution in [0.4, 0.5) is 0 Å².